The highest BCUT2D eigenvalue weighted by molar-refractivity contribution is 5.96. The van der Waals surface area contributed by atoms with Gasteiger partial charge >= 0.3 is 0 Å². The number of aliphatic hydroxyl groups is 3. The number of benzene rings is 2. The zero-order valence-corrected chi connectivity index (χ0v) is 43.4. The summed E-state index contributed by atoms with van der Waals surface area (Å²) in [7, 11) is 0. The van der Waals surface area contributed by atoms with E-state index in [4.69, 9.17) is 5.73 Å². The van der Waals surface area contributed by atoms with Gasteiger partial charge in [-0.15, -0.1) is 0 Å². The van der Waals surface area contributed by atoms with Crippen molar-refractivity contribution in [3.63, 3.8) is 0 Å². The smallest absolute Gasteiger partial charge is 0.243 e. The molecule has 4 saturated carbocycles. The number of hydrogen-bond donors (Lipinski definition) is 9. The Kier molecular flexibility index (Phi) is 18.6. The molecule has 0 heterocycles. The van der Waals surface area contributed by atoms with E-state index in [1.54, 1.807) is 26.0 Å². The first-order valence-corrected chi connectivity index (χ1v) is 26.4. The fourth-order valence-electron chi connectivity index (χ4n) is 13.5. The lowest BCUT2D eigenvalue weighted by Crippen LogP contribution is -2.62. The fourth-order valence-corrected chi connectivity index (χ4v) is 13.5. The van der Waals surface area contributed by atoms with Crippen LogP contribution in [0.25, 0.3) is 0 Å². The first-order chi connectivity index (χ1) is 33.5. The summed E-state index contributed by atoms with van der Waals surface area (Å²) in [5, 5.41) is 48.4. The molecule has 4 fully saturated rings. The van der Waals surface area contributed by atoms with Crippen LogP contribution in [0.15, 0.2) is 60.7 Å². The zero-order chi connectivity index (χ0) is 51.9. The van der Waals surface area contributed by atoms with Crippen LogP contribution < -0.4 is 32.3 Å². The van der Waals surface area contributed by atoms with Crippen LogP contribution in [0.5, 0.6) is 0 Å². The van der Waals surface area contributed by atoms with E-state index in [0.717, 1.165) is 36.8 Å². The minimum Gasteiger partial charge on any atom is -0.393 e. The molecule has 16 atom stereocenters. The Labute approximate surface area is 421 Å². The lowest BCUT2D eigenvalue weighted by atomic mass is 9.43. The van der Waals surface area contributed by atoms with Crippen molar-refractivity contribution in [2.24, 2.45) is 63.9 Å². The number of amides is 6. The number of carbonyl (C=O) groups excluding carboxylic acids is 6. The molecule has 2 aromatic carbocycles. The SMILES string of the molecule is CC(C)C[C@@H](NC(=O)CC[C@@H](C)[C@H]1CC[C@H]2[C@@H]3[C@H](O)C[C@@H]4C[C@H](O)CC[C@]4(C)[C@H]3C[C@H](O)[C@]12C)C(=O)N[C@@H](C(=O)N[C@H](Cc1ccccc1)C(=O)N[C@H](Cc1ccccc1)C(=O)N[C@H](C)C(N)=O)C(C)C. The molecule has 10 N–H and O–H groups in total. The van der Waals surface area contributed by atoms with Gasteiger partial charge in [-0.25, -0.2) is 0 Å². The molecule has 2 aromatic rings. The molecule has 0 unspecified atom stereocenters. The molecule has 0 bridgehead atoms. The van der Waals surface area contributed by atoms with Gasteiger partial charge in [-0.3, -0.25) is 28.8 Å². The Morgan fingerprint density at radius 1 is 0.662 bits per heavy atom. The third-order valence-corrected chi connectivity index (χ3v) is 17.6. The van der Waals surface area contributed by atoms with Gasteiger partial charge in [0, 0.05) is 19.3 Å². The molecular weight excluding hydrogens is 901 g/mol. The third-order valence-electron chi connectivity index (χ3n) is 17.6. The third kappa shape index (κ3) is 13.0. The topological polar surface area (TPSA) is 249 Å². The molecule has 0 radical (unpaired) electrons. The monoisotopic (exact) mass is 985 g/mol. The highest BCUT2D eigenvalue weighted by atomic mass is 16.3. The predicted molar refractivity (Wildman–Crippen MR) is 272 cm³/mol. The van der Waals surface area contributed by atoms with Gasteiger partial charge in [0.2, 0.25) is 35.4 Å². The second-order valence-electron chi connectivity index (χ2n) is 23.2. The van der Waals surface area contributed by atoms with E-state index in [2.05, 4.69) is 47.4 Å². The number of fused-ring (bicyclic) bond motifs is 5. The number of aliphatic hydroxyl groups excluding tert-OH is 3. The lowest BCUT2D eigenvalue weighted by Gasteiger charge is -2.63. The fraction of sp³-hybridized carbons (Fsp3) is 0.679. The first kappa shape index (κ1) is 55.5. The van der Waals surface area contributed by atoms with E-state index in [1.807, 2.05) is 62.4 Å². The van der Waals surface area contributed by atoms with Crippen molar-refractivity contribution in [1.82, 2.24) is 26.6 Å². The van der Waals surface area contributed by atoms with Crippen LogP contribution in [0.3, 0.4) is 0 Å². The van der Waals surface area contributed by atoms with Crippen molar-refractivity contribution in [3.8, 4) is 0 Å². The molecule has 0 aliphatic heterocycles. The standard InChI is InChI=1S/C56H84N6O9/c1-31(2)25-42(59-47(66)22-19-33(5)39-20-21-40-48-41(30-46(65)56(39,40)8)55(7)24-23-38(63)28-37(55)29-45(48)64)53(70)62-49(32(3)4)54(71)61-44(27-36-17-13-10-14-18-36)52(69)60-43(26-35-15-11-9-12-16-35)51(68)58-34(6)50(57)67/h9-18,31-34,37-46,48-49,63-65H,19-30H2,1-8H3,(H2,57,67)(H,58,68)(H,59,66)(H,60,69)(H,61,71)(H,62,70)/t33-,34-,37+,38-,39-,40+,41+,42-,43-,44-,45-,46+,48+,49-,55+,56-/m1/s1. The molecule has 392 valence electrons. The molecule has 6 amide bonds. The van der Waals surface area contributed by atoms with Crippen molar-refractivity contribution in [1.29, 1.82) is 0 Å². The molecule has 6 rings (SSSR count). The number of primary amides is 1. The minimum absolute atomic E-state index is 0.0144. The highest BCUT2D eigenvalue weighted by Crippen LogP contribution is 2.68. The Bertz CT molecular complexity index is 2160. The second-order valence-corrected chi connectivity index (χ2v) is 23.2. The minimum atomic E-state index is -1.18. The molecule has 0 saturated heterocycles. The number of nitrogens with one attached hydrogen (secondary N) is 5. The summed E-state index contributed by atoms with van der Waals surface area (Å²) in [5.74, 6) is -2.95. The van der Waals surface area contributed by atoms with Crippen LogP contribution in [0.1, 0.15) is 131 Å². The van der Waals surface area contributed by atoms with Gasteiger partial charge in [-0.05, 0) is 134 Å². The molecule has 4 aliphatic rings. The highest BCUT2D eigenvalue weighted by Gasteiger charge is 2.65. The summed E-state index contributed by atoms with van der Waals surface area (Å²) >= 11 is 0. The van der Waals surface area contributed by atoms with Crippen molar-refractivity contribution < 1.29 is 44.1 Å². The molecule has 71 heavy (non-hydrogen) atoms. The van der Waals surface area contributed by atoms with E-state index >= 15 is 0 Å². The number of nitrogens with two attached hydrogens (primary N) is 1. The summed E-state index contributed by atoms with van der Waals surface area (Å²) in [6.45, 7) is 15.6. The Hall–Kier alpha value is -4.86. The summed E-state index contributed by atoms with van der Waals surface area (Å²) in [4.78, 5) is 82.0. The molecule has 15 heteroatoms. The molecule has 4 aliphatic carbocycles. The van der Waals surface area contributed by atoms with Gasteiger partial charge in [0.05, 0.1) is 18.3 Å². The Morgan fingerprint density at radius 3 is 1.79 bits per heavy atom. The second kappa shape index (κ2) is 23.8. The maximum absolute atomic E-state index is 14.3. The molecule has 15 nitrogen and oxygen atoms in total. The van der Waals surface area contributed by atoms with Crippen LogP contribution in [-0.4, -0.2) is 99.3 Å². The predicted octanol–water partition coefficient (Wildman–Crippen LogP) is 4.48. The average Bonchev–Trinajstić information content (AvgIpc) is 3.68. The van der Waals surface area contributed by atoms with Crippen molar-refractivity contribution in [3.05, 3.63) is 71.8 Å². The van der Waals surface area contributed by atoms with Crippen LogP contribution >= 0.6 is 0 Å². The van der Waals surface area contributed by atoms with Crippen molar-refractivity contribution >= 4 is 35.4 Å². The molecule has 0 spiro atoms. The van der Waals surface area contributed by atoms with Crippen LogP contribution in [-0.2, 0) is 41.6 Å². The molecular formula is C56H84N6O9. The lowest BCUT2D eigenvalue weighted by molar-refractivity contribution is -0.207. The Morgan fingerprint density at radius 2 is 1.23 bits per heavy atom. The van der Waals surface area contributed by atoms with E-state index in [9.17, 15) is 44.1 Å². The first-order valence-electron chi connectivity index (χ1n) is 26.4. The normalized spacial score (nSPS) is 30.5. The van der Waals surface area contributed by atoms with Crippen LogP contribution in [0.4, 0.5) is 0 Å². The van der Waals surface area contributed by atoms with E-state index in [1.165, 1.54) is 6.92 Å². The Balaban J connectivity index is 1.10. The number of carbonyl (C=O) groups is 6. The van der Waals surface area contributed by atoms with Gasteiger partial charge in [-0.1, -0.05) is 109 Å². The zero-order valence-electron chi connectivity index (χ0n) is 43.4. The summed E-state index contributed by atoms with van der Waals surface area (Å²) in [6.07, 6.45) is 5.38. The van der Waals surface area contributed by atoms with E-state index < -0.39 is 83.3 Å². The van der Waals surface area contributed by atoms with Crippen LogP contribution in [0.2, 0.25) is 0 Å². The van der Waals surface area contributed by atoms with Gasteiger partial charge in [0.15, 0.2) is 0 Å². The van der Waals surface area contributed by atoms with Gasteiger partial charge < -0.3 is 47.6 Å². The van der Waals surface area contributed by atoms with Crippen LogP contribution in [0, 0.1) is 58.2 Å². The molecule has 0 aromatic heterocycles. The van der Waals surface area contributed by atoms with E-state index in [-0.39, 0.29) is 78.1 Å². The van der Waals surface area contributed by atoms with Crippen molar-refractivity contribution in [2.45, 2.75) is 181 Å². The maximum atomic E-state index is 14.3. The quantitative estimate of drug-likeness (QED) is 0.0855. The summed E-state index contributed by atoms with van der Waals surface area (Å²) in [6, 6.07) is 12.8. The summed E-state index contributed by atoms with van der Waals surface area (Å²) < 4.78 is 0. The number of rotatable bonds is 21. The largest absolute Gasteiger partial charge is 0.393 e. The average molecular weight is 985 g/mol. The van der Waals surface area contributed by atoms with Crippen molar-refractivity contribution in [2.75, 3.05) is 0 Å². The number of hydrogen-bond acceptors (Lipinski definition) is 9. The van der Waals surface area contributed by atoms with E-state index in [0.29, 0.717) is 32.1 Å². The summed E-state index contributed by atoms with van der Waals surface area (Å²) in [5.41, 5.74) is 6.49. The van der Waals surface area contributed by atoms with Gasteiger partial charge in [0.1, 0.15) is 30.2 Å². The van der Waals surface area contributed by atoms with Gasteiger partial charge in [-0.2, -0.15) is 0 Å². The maximum Gasteiger partial charge on any atom is 0.243 e. The van der Waals surface area contributed by atoms with Gasteiger partial charge in [0.25, 0.3) is 0 Å².